The van der Waals surface area contributed by atoms with Crippen LogP contribution in [-0.2, 0) is 17.9 Å². The smallest absolute Gasteiger partial charge is 0.253 e. The van der Waals surface area contributed by atoms with Gasteiger partial charge in [0.25, 0.3) is 5.91 Å². The first-order valence-electron chi connectivity index (χ1n) is 9.11. The van der Waals surface area contributed by atoms with Crippen molar-refractivity contribution in [2.45, 2.75) is 25.9 Å². The van der Waals surface area contributed by atoms with Crippen molar-refractivity contribution in [2.24, 2.45) is 0 Å². The fraction of sp³-hybridized carbons (Fsp3) is 0.333. The topological polar surface area (TPSA) is 59.1 Å². The van der Waals surface area contributed by atoms with Gasteiger partial charge in [0.15, 0.2) is 11.5 Å². The average molecular weight is 366 g/mol. The van der Waals surface area contributed by atoms with Gasteiger partial charge < -0.3 is 19.3 Å². The molecule has 6 heteroatoms. The van der Waals surface area contributed by atoms with E-state index in [1.54, 1.807) is 11.9 Å². The van der Waals surface area contributed by atoms with Crippen LogP contribution in [0.4, 0.5) is 0 Å². The second-order valence-electron chi connectivity index (χ2n) is 6.97. The van der Waals surface area contributed by atoms with Gasteiger partial charge in [0.1, 0.15) is 0 Å². The normalized spacial score (nSPS) is 15.3. The van der Waals surface area contributed by atoms with Gasteiger partial charge in [-0.3, -0.25) is 9.59 Å². The number of nitrogens with zero attached hydrogens (tertiary/aromatic N) is 2. The maximum absolute atomic E-state index is 12.8. The summed E-state index contributed by atoms with van der Waals surface area (Å²) in [5, 5.41) is 0. The van der Waals surface area contributed by atoms with Gasteiger partial charge in [0.2, 0.25) is 12.7 Å². The van der Waals surface area contributed by atoms with Crippen LogP contribution in [0.25, 0.3) is 0 Å². The van der Waals surface area contributed by atoms with E-state index in [0.717, 1.165) is 29.8 Å². The van der Waals surface area contributed by atoms with E-state index in [9.17, 15) is 9.59 Å². The van der Waals surface area contributed by atoms with Gasteiger partial charge in [-0.05, 0) is 41.8 Å². The monoisotopic (exact) mass is 366 g/mol. The van der Waals surface area contributed by atoms with Gasteiger partial charge in [-0.2, -0.15) is 0 Å². The number of rotatable bonds is 5. The molecule has 0 saturated carbocycles. The van der Waals surface area contributed by atoms with E-state index in [0.29, 0.717) is 30.8 Å². The SMILES string of the molecule is CN(Cc1ccc2c(c1)OCO2)C(=O)c1cccc(CN2CCCC2=O)c1. The zero-order valence-electron chi connectivity index (χ0n) is 15.3. The molecule has 0 spiro atoms. The largest absolute Gasteiger partial charge is 0.454 e. The Hall–Kier alpha value is -3.02. The summed E-state index contributed by atoms with van der Waals surface area (Å²) in [6.45, 7) is 2.07. The molecular weight excluding hydrogens is 344 g/mol. The van der Waals surface area contributed by atoms with Crippen molar-refractivity contribution < 1.29 is 19.1 Å². The first-order valence-corrected chi connectivity index (χ1v) is 9.11. The van der Waals surface area contributed by atoms with Crippen LogP contribution >= 0.6 is 0 Å². The zero-order valence-corrected chi connectivity index (χ0v) is 15.3. The van der Waals surface area contributed by atoms with Crippen LogP contribution in [0.1, 0.15) is 34.3 Å². The van der Waals surface area contributed by atoms with E-state index >= 15 is 0 Å². The number of amides is 2. The number of carbonyl (C=O) groups is 2. The Labute approximate surface area is 158 Å². The van der Waals surface area contributed by atoms with Crippen LogP contribution in [0.2, 0.25) is 0 Å². The number of hydrogen-bond acceptors (Lipinski definition) is 4. The highest BCUT2D eigenvalue weighted by Gasteiger charge is 2.21. The summed E-state index contributed by atoms with van der Waals surface area (Å²) in [6.07, 6.45) is 1.53. The minimum Gasteiger partial charge on any atom is -0.454 e. The third kappa shape index (κ3) is 3.74. The summed E-state index contributed by atoms with van der Waals surface area (Å²) < 4.78 is 10.7. The van der Waals surface area contributed by atoms with Gasteiger partial charge >= 0.3 is 0 Å². The summed E-state index contributed by atoms with van der Waals surface area (Å²) in [4.78, 5) is 28.2. The molecule has 1 fully saturated rings. The molecular formula is C21H22N2O4. The van der Waals surface area contributed by atoms with Crippen molar-refractivity contribution in [3.05, 3.63) is 59.2 Å². The molecule has 0 bridgehead atoms. The van der Waals surface area contributed by atoms with Crippen LogP contribution in [-0.4, -0.2) is 42.0 Å². The second kappa shape index (κ2) is 7.31. The highest BCUT2D eigenvalue weighted by atomic mass is 16.7. The van der Waals surface area contributed by atoms with Gasteiger partial charge in [-0.15, -0.1) is 0 Å². The Morgan fingerprint density at radius 3 is 2.78 bits per heavy atom. The van der Waals surface area contributed by atoms with Gasteiger partial charge in [0, 0.05) is 38.7 Å². The standard InChI is InChI=1S/C21H22N2O4/c1-22(12-16-7-8-18-19(11-16)27-14-26-18)21(25)17-5-2-4-15(10-17)13-23-9-3-6-20(23)24/h2,4-5,7-8,10-11H,3,6,9,12-14H2,1H3. The molecule has 2 aromatic rings. The van der Waals surface area contributed by atoms with E-state index in [-0.39, 0.29) is 18.6 Å². The van der Waals surface area contributed by atoms with Crippen molar-refractivity contribution in [2.75, 3.05) is 20.4 Å². The lowest BCUT2D eigenvalue weighted by Gasteiger charge is -2.19. The van der Waals surface area contributed by atoms with Crippen molar-refractivity contribution in [3.63, 3.8) is 0 Å². The highest BCUT2D eigenvalue weighted by Crippen LogP contribution is 2.32. The molecule has 0 atom stereocenters. The number of likely N-dealkylation sites (tertiary alicyclic amines) is 1. The summed E-state index contributed by atoms with van der Waals surface area (Å²) in [5.41, 5.74) is 2.59. The molecule has 2 aliphatic rings. The number of fused-ring (bicyclic) bond motifs is 1. The summed E-state index contributed by atoms with van der Waals surface area (Å²) >= 11 is 0. The minimum absolute atomic E-state index is 0.0535. The molecule has 0 aliphatic carbocycles. The second-order valence-corrected chi connectivity index (χ2v) is 6.97. The molecule has 2 aliphatic heterocycles. The lowest BCUT2D eigenvalue weighted by Crippen LogP contribution is -2.27. The Morgan fingerprint density at radius 1 is 1.11 bits per heavy atom. The maximum Gasteiger partial charge on any atom is 0.253 e. The lowest BCUT2D eigenvalue weighted by molar-refractivity contribution is -0.128. The van der Waals surface area contributed by atoms with Crippen LogP contribution in [0.15, 0.2) is 42.5 Å². The number of hydrogen-bond donors (Lipinski definition) is 0. The Bertz CT molecular complexity index is 880. The first-order chi connectivity index (χ1) is 13.1. The predicted molar refractivity (Wildman–Crippen MR) is 99.5 cm³/mol. The summed E-state index contributed by atoms with van der Waals surface area (Å²) in [7, 11) is 1.78. The van der Waals surface area contributed by atoms with Crippen molar-refractivity contribution in [1.29, 1.82) is 0 Å². The molecule has 2 amide bonds. The van der Waals surface area contributed by atoms with Gasteiger partial charge in [-0.1, -0.05) is 18.2 Å². The molecule has 2 heterocycles. The Balaban J connectivity index is 1.44. The van der Waals surface area contributed by atoms with Gasteiger partial charge in [0.05, 0.1) is 0 Å². The third-order valence-corrected chi connectivity index (χ3v) is 4.92. The molecule has 0 N–H and O–H groups in total. The number of carbonyl (C=O) groups excluding carboxylic acids is 2. The minimum atomic E-state index is -0.0535. The molecule has 140 valence electrons. The molecule has 4 rings (SSSR count). The van der Waals surface area contributed by atoms with Crippen LogP contribution in [0.3, 0.4) is 0 Å². The first kappa shape index (κ1) is 17.4. The number of ether oxygens (including phenoxy) is 2. The van der Waals surface area contributed by atoms with E-state index in [1.807, 2.05) is 47.4 Å². The molecule has 1 saturated heterocycles. The molecule has 27 heavy (non-hydrogen) atoms. The molecule has 6 nitrogen and oxygen atoms in total. The fourth-order valence-corrected chi connectivity index (χ4v) is 3.50. The van der Waals surface area contributed by atoms with E-state index in [4.69, 9.17) is 9.47 Å². The van der Waals surface area contributed by atoms with Crippen LogP contribution < -0.4 is 9.47 Å². The zero-order chi connectivity index (χ0) is 18.8. The average Bonchev–Trinajstić information content (AvgIpc) is 3.30. The Morgan fingerprint density at radius 2 is 1.96 bits per heavy atom. The lowest BCUT2D eigenvalue weighted by atomic mass is 10.1. The quantitative estimate of drug-likeness (QED) is 0.816. The van der Waals surface area contributed by atoms with Crippen molar-refractivity contribution in [3.8, 4) is 11.5 Å². The van der Waals surface area contributed by atoms with Crippen molar-refractivity contribution in [1.82, 2.24) is 9.80 Å². The molecule has 0 unspecified atom stereocenters. The maximum atomic E-state index is 12.8. The molecule has 0 aromatic heterocycles. The van der Waals surface area contributed by atoms with Crippen molar-refractivity contribution >= 4 is 11.8 Å². The van der Waals surface area contributed by atoms with E-state index in [2.05, 4.69) is 0 Å². The van der Waals surface area contributed by atoms with Crippen LogP contribution in [0, 0.1) is 0 Å². The Kier molecular flexibility index (Phi) is 4.71. The van der Waals surface area contributed by atoms with E-state index in [1.165, 1.54) is 0 Å². The van der Waals surface area contributed by atoms with Gasteiger partial charge in [-0.25, -0.2) is 0 Å². The van der Waals surface area contributed by atoms with E-state index < -0.39 is 0 Å². The summed E-state index contributed by atoms with van der Waals surface area (Å²) in [5.74, 6) is 1.58. The fourth-order valence-electron chi connectivity index (χ4n) is 3.50. The van der Waals surface area contributed by atoms with Crippen LogP contribution in [0.5, 0.6) is 11.5 Å². The predicted octanol–water partition coefficient (Wildman–Crippen LogP) is 2.81. The highest BCUT2D eigenvalue weighted by molar-refractivity contribution is 5.94. The molecule has 2 aromatic carbocycles. The summed E-state index contributed by atoms with van der Waals surface area (Å²) in [6, 6.07) is 13.2. The number of benzene rings is 2. The third-order valence-electron chi connectivity index (χ3n) is 4.92. The molecule has 0 radical (unpaired) electrons.